The molecule has 3 aromatic rings. The van der Waals surface area contributed by atoms with Crippen molar-refractivity contribution in [1.29, 1.82) is 0 Å². The number of H-pyrrole nitrogens is 1. The average Bonchev–Trinajstić information content (AvgIpc) is 3.20. The normalized spacial score (nSPS) is 11.6. The van der Waals surface area contributed by atoms with Gasteiger partial charge < -0.3 is 5.11 Å². The van der Waals surface area contributed by atoms with Crippen LogP contribution in [-0.2, 0) is 6.54 Å². The van der Waals surface area contributed by atoms with Crippen molar-refractivity contribution in [3.8, 4) is 0 Å². The van der Waals surface area contributed by atoms with Crippen LogP contribution in [0.1, 0.15) is 27.4 Å². The van der Waals surface area contributed by atoms with Crippen molar-refractivity contribution in [3.05, 3.63) is 65.2 Å². The standard InChI is InChI=1S/C15H14N6O2/c1-10-2-4-11(5-3-10)9-21-12(6-7-16-21)13(22)8-14(23)15-17-19-20-18-15/h2-8,23H,9H2,1H3,(H,17,18,19,20). The molecule has 2 heterocycles. The van der Waals surface area contributed by atoms with Crippen molar-refractivity contribution in [2.24, 2.45) is 0 Å². The maximum atomic E-state index is 12.3. The predicted molar refractivity (Wildman–Crippen MR) is 81.6 cm³/mol. The number of aromatic amines is 1. The third kappa shape index (κ3) is 3.31. The Kier molecular flexibility index (Phi) is 3.96. The number of carbonyl (C=O) groups is 1. The second-order valence-electron chi connectivity index (χ2n) is 4.99. The minimum Gasteiger partial charge on any atom is -0.504 e. The Morgan fingerprint density at radius 2 is 2.09 bits per heavy atom. The Balaban J connectivity index is 1.81. The van der Waals surface area contributed by atoms with E-state index in [9.17, 15) is 9.90 Å². The highest BCUT2D eigenvalue weighted by Crippen LogP contribution is 2.11. The Morgan fingerprint density at radius 1 is 1.30 bits per heavy atom. The van der Waals surface area contributed by atoms with Crippen LogP contribution in [0, 0.1) is 6.92 Å². The van der Waals surface area contributed by atoms with Gasteiger partial charge in [-0.1, -0.05) is 29.8 Å². The first kappa shape index (κ1) is 14.6. The summed E-state index contributed by atoms with van der Waals surface area (Å²) in [6, 6.07) is 9.57. The molecule has 8 nitrogen and oxygen atoms in total. The summed E-state index contributed by atoms with van der Waals surface area (Å²) in [5.74, 6) is -0.785. The van der Waals surface area contributed by atoms with Crippen molar-refractivity contribution in [2.45, 2.75) is 13.5 Å². The van der Waals surface area contributed by atoms with E-state index in [0.717, 1.165) is 11.6 Å². The van der Waals surface area contributed by atoms with Crippen molar-refractivity contribution >= 4 is 11.5 Å². The third-order valence-corrected chi connectivity index (χ3v) is 3.26. The quantitative estimate of drug-likeness (QED) is 0.420. The van der Waals surface area contributed by atoms with E-state index in [-0.39, 0.29) is 11.6 Å². The highest BCUT2D eigenvalue weighted by Gasteiger charge is 2.13. The maximum absolute atomic E-state index is 12.3. The van der Waals surface area contributed by atoms with Crippen molar-refractivity contribution < 1.29 is 9.90 Å². The number of carbonyl (C=O) groups excluding carboxylic acids is 1. The Bertz CT molecular complexity index is 833. The van der Waals surface area contributed by atoms with Gasteiger partial charge in [-0.15, -0.1) is 10.2 Å². The minimum atomic E-state index is -0.392. The van der Waals surface area contributed by atoms with Gasteiger partial charge in [0.05, 0.1) is 6.54 Å². The van der Waals surface area contributed by atoms with Crippen molar-refractivity contribution in [1.82, 2.24) is 30.4 Å². The first-order valence-corrected chi connectivity index (χ1v) is 6.89. The molecule has 0 amide bonds. The summed E-state index contributed by atoms with van der Waals surface area (Å²) in [7, 11) is 0. The van der Waals surface area contributed by atoms with Gasteiger partial charge in [-0.3, -0.25) is 9.48 Å². The van der Waals surface area contributed by atoms with E-state index < -0.39 is 5.78 Å². The summed E-state index contributed by atoms with van der Waals surface area (Å²) in [5, 5.41) is 26.7. The van der Waals surface area contributed by atoms with Gasteiger partial charge in [0.25, 0.3) is 0 Å². The molecule has 0 aliphatic heterocycles. The number of nitrogens with zero attached hydrogens (tertiary/aromatic N) is 5. The van der Waals surface area contributed by atoms with Crippen LogP contribution >= 0.6 is 0 Å². The van der Waals surface area contributed by atoms with Crippen molar-refractivity contribution in [3.63, 3.8) is 0 Å². The van der Waals surface area contributed by atoms with Gasteiger partial charge in [0.1, 0.15) is 5.69 Å². The summed E-state index contributed by atoms with van der Waals surface area (Å²) < 4.78 is 1.58. The monoisotopic (exact) mass is 310 g/mol. The number of aliphatic hydroxyl groups excluding tert-OH is 1. The summed E-state index contributed by atoms with van der Waals surface area (Å²) in [6.07, 6.45) is 2.59. The molecule has 3 rings (SSSR count). The van der Waals surface area contributed by atoms with Gasteiger partial charge >= 0.3 is 0 Å². The molecule has 0 aliphatic rings. The van der Waals surface area contributed by atoms with E-state index in [1.807, 2.05) is 31.2 Å². The van der Waals surface area contributed by atoms with E-state index in [4.69, 9.17) is 0 Å². The molecular formula is C15H14N6O2. The fourth-order valence-corrected chi connectivity index (χ4v) is 2.07. The molecule has 0 spiro atoms. The molecule has 116 valence electrons. The van der Waals surface area contributed by atoms with Gasteiger partial charge in [0, 0.05) is 12.3 Å². The van der Waals surface area contributed by atoms with Crippen molar-refractivity contribution in [2.75, 3.05) is 0 Å². The van der Waals surface area contributed by atoms with Crippen LogP contribution in [-0.4, -0.2) is 41.3 Å². The number of aliphatic hydroxyl groups is 1. The number of tetrazole rings is 1. The van der Waals surface area contributed by atoms with Gasteiger partial charge in [-0.2, -0.15) is 10.3 Å². The highest BCUT2D eigenvalue weighted by atomic mass is 16.3. The number of allylic oxidation sites excluding steroid dienone is 1. The molecule has 0 fully saturated rings. The molecule has 0 aliphatic carbocycles. The molecule has 23 heavy (non-hydrogen) atoms. The second-order valence-corrected chi connectivity index (χ2v) is 4.99. The van der Waals surface area contributed by atoms with E-state index >= 15 is 0 Å². The molecular weight excluding hydrogens is 296 g/mol. The molecule has 0 atom stereocenters. The number of hydrogen-bond acceptors (Lipinski definition) is 6. The summed E-state index contributed by atoms with van der Waals surface area (Å²) in [5.41, 5.74) is 2.55. The third-order valence-electron chi connectivity index (χ3n) is 3.26. The number of rotatable bonds is 5. The second kappa shape index (κ2) is 6.22. The fraction of sp³-hybridized carbons (Fsp3) is 0.133. The number of aryl methyl sites for hydroxylation is 1. The zero-order valence-corrected chi connectivity index (χ0v) is 12.3. The molecule has 0 saturated carbocycles. The smallest absolute Gasteiger partial charge is 0.239 e. The van der Waals surface area contributed by atoms with Gasteiger partial charge in [0.2, 0.25) is 11.6 Å². The summed E-state index contributed by atoms with van der Waals surface area (Å²) >= 11 is 0. The molecule has 8 heteroatoms. The highest BCUT2D eigenvalue weighted by molar-refractivity contribution is 6.06. The lowest BCUT2D eigenvalue weighted by Gasteiger charge is -2.06. The van der Waals surface area contributed by atoms with Crippen LogP contribution in [0.15, 0.2) is 42.6 Å². The molecule has 2 N–H and O–H groups in total. The SMILES string of the molecule is Cc1ccc(Cn2nccc2C(=O)C=C(O)c2nn[nH]n2)cc1. The minimum absolute atomic E-state index is 0.0389. The first-order chi connectivity index (χ1) is 11.1. The molecule has 1 aromatic carbocycles. The van der Waals surface area contributed by atoms with E-state index in [1.54, 1.807) is 16.9 Å². The first-order valence-electron chi connectivity index (χ1n) is 6.89. The number of aromatic nitrogens is 6. The number of hydrogen-bond donors (Lipinski definition) is 2. The lowest BCUT2D eigenvalue weighted by atomic mass is 10.1. The van der Waals surface area contributed by atoms with Crippen LogP contribution in [0.3, 0.4) is 0 Å². The van der Waals surface area contributed by atoms with Gasteiger partial charge in [0.15, 0.2) is 5.76 Å². The largest absolute Gasteiger partial charge is 0.504 e. The Hall–Kier alpha value is -3.29. The number of nitrogens with one attached hydrogen (secondary N) is 1. The van der Waals surface area contributed by atoms with E-state index in [1.165, 1.54) is 5.56 Å². The lowest BCUT2D eigenvalue weighted by Crippen LogP contribution is -2.10. The summed E-state index contributed by atoms with van der Waals surface area (Å²) in [4.78, 5) is 12.3. The van der Waals surface area contributed by atoms with Crippen LogP contribution in [0.5, 0.6) is 0 Å². The predicted octanol–water partition coefficient (Wildman–Crippen LogP) is 1.53. The Morgan fingerprint density at radius 3 is 2.78 bits per heavy atom. The molecule has 0 saturated heterocycles. The lowest BCUT2D eigenvalue weighted by molar-refractivity contribution is 0.103. The molecule has 0 bridgehead atoms. The van der Waals surface area contributed by atoms with E-state index in [0.29, 0.717) is 12.2 Å². The molecule has 2 aromatic heterocycles. The van der Waals surface area contributed by atoms with Gasteiger partial charge in [-0.05, 0) is 23.8 Å². The van der Waals surface area contributed by atoms with Crippen LogP contribution in [0.4, 0.5) is 0 Å². The van der Waals surface area contributed by atoms with Crippen LogP contribution in [0.25, 0.3) is 5.76 Å². The van der Waals surface area contributed by atoms with Crippen LogP contribution in [0.2, 0.25) is 0 Å². The topological polar surface area (TPSA) is 110 Å². The van der Waals surface area contributed by atoms with Gasteiger partial charge in [-0.25, -0.2) is 0 Å². The van der Waals surface area contributed by atoms with E-state index in [2.05, 4.69) is 25.7 Å². The van der Waals surface area contributed by atoms with Crippen LogP contribution < -0.4 is 0 Å². The molecule has 0 radical (unpaired) electrons. The average molecular weight is 310 g/mol. The summed E-state index contributed by atoms with van der Waals surface area (Å²) in [6.45, 7) is 2.48. The molecule has 0 unspecified atom stereocenters. The number of benzene rings is 1. The zero-order valence-electron chi connectivity index (χ0n) is 12.3. The number of ketones is 1. The Labute approximate surface area is 131 Å². The maximum Gasteiger partial charge on any atom is 0.239 e. The fourth-order valence-electron chi connectivity index (χ4n) is 2.07. The zero-order chi connectivity index (χ0) is 16.2.